The number of benzene rings is 1. The van der Waals surface area contributed by atoms with Crippen molar-refractivity contribution < 1.29 is 9.59 Å². The van der Waals surface area contributed by atoms with Gasteiger partial charge in [0.1, 0.15) is 0 Å². The van der Waals surface area contributed by atoms with Crippen LogP contribution in [0.4, 0.5) is 15.5 Å². The fourth-order valence-electron chi connectivity index (χ4n) is 3.20. The fraction of sp³-hybridized carbons (Fsp3) is 0.368. The van der Waals surface area contributed by atoms with Crippen LogP contribution < -0.4 is 10.6 Å². The Balaban J connectivity index is 1.60. The van der Waals surface area contributed by atoms with Gasteiger partial charge in [0.25, 0.3) is 0 Å². The van der Waals surface area contributed by atoms with E-state index in [-0.39, 0.29) is 17.9 Å². The van der Waals surface area contributed by atoms with Gasteiger partial charge in [-0.25, -0.2) is 4.79 Å². The van der Waals surface area contributed by atoms with E-state index in [0.717, 1.165) is 34.7 Å². The number of aryl methyl sites for hydroxylation is 2. The summed E-state index contributed by atoms with van der Waals surface area (Å²) >= 11 is 1.49. The molecule has 2 N–H and O–H groups in total. The zero-order chi connectivity index (χ0) is 17.8. The van der Waals surface area contributed by atoms with Gasteiger partial charge < -0.3 is 10.2 Å². The van der Waals surface area contributed by atoms with Gasteiger partial charge in [-0.3, -0.25) is 10.1 Å². The number of thiophene rings is 1. The number of piperidine rings is 1. The summed E-state index contributed by atoms with van der Waals surface area (Å²) < 4.78 is 0. The summed E-state index contributed by atoms with van der Waals surface area (Å²) in [7, 11) is 0. The van der Waals surface area contributed by atoms with Gasteiger partial charge in [0, 0.05) is 18.8 Å². The minimum Gasteiger partial charge on any atom is -0.326 e. The number of anilines is 2. The smallest absolute Gasteiger partial charge is 0.322 e. The number of likely N-dealkylation sites (tertiary alicyclic amines) is 1. The normalized spacial score (nSPS) is 17.2. The lowest BCUT2D eigenvalue weighted by molar-refractivity contribution is -0.121. The third kappa shape index (κ3) is 4.60. The van der Waals surface area contributed by atoms with Crippen LogP contribution in [0.3, 0.4) is 0 Å². The molecule has 1 aromatic heterocycles. The van der Waals surface area contributed by atoms with Crippen molar-refractivity contribution in [2.24, 2.45) is 5.92 Å². The Morgan fingerprint density at radius 1 is 1.16 bits per heavy atom. The first-order chi connectivity index (χ1) is 12.0. The molecule has 6 heteroatoms. The van der Waals surface area contributed by atoms with E-state index >= 15 is 0 Å². The van der Waals surface area contributed by atoms with E-state index < -0.39 is 0 Å². The molecule has 0 bridgehead atoms. The van der Waals surface area contributed by atoms with Crippen molar-refractivity contribution in [1.29, 1.82) is 0 Å². The number of nitrogens with zero attached hydrogens (tertiary/aromatic N) is 1. The number of hydrogen-bond donors (Lipinski definition) is 2. The molecule has 132 valence electrons. The van der Waals surface area contributed by atoms with Gasteiger partial charge in [-0.1, -0.05) is 6.07 Å². The van der Waals surface area contributed by atoms with E-state index in [9.17, 15) is 9.59 Å². The molecule has 5 nitrogen and oxygen atoms in total. The predicted octanol–water partition coefficient (Wildman–Crippen LogP) is 4.25. The molecule has 2 aromatic rings. The molecule has 0 radical (unpaired) electrons. The van der Waals surface area contributed by atoms with Crippen LogP contribution in [-0.2, 0) is 4.79 Å². The van der Waals surface area contributed by atoms with E-state index in [1.54, 1.807) is 4.90 Å². The summed E-state index contributed by atoms with van der Waals surface area (Å²) in [5.41, 5.74) is 3.06. The molecule has 1 saturated heterocycles. The Morgan fingerprint density at radius 3 is 2.60 bits per heavy atom. The third-order valence-electron chi connectivity index (χ3n) is 4.32. The minimum absolute atomic E-state index is 0.0152. The highest BCUT2D eigenvalue weighted by Gasteiger charge is 2.28. The highest BCUT2D eigenvalue weighted by atomic mass is 32.1. The van der Waals surface area contributed by atoms with Gasteiger partial charge in [0.05, 0.1) is 10.9 Å². The molecule has 1 unspecified atom stereocenters. The molecule has 1 aliphatic heterocycles. The standard InChI is InChI=1S/C19H23N3O2S/c1-13-9-14(2)11-16(10-13)20-18(23)15-5-3-7-22(12-15)19(24)21-17-6-4-8-25-17/h4,6,8-11,15H,3,5,7,12H2,1-2H3,(H,20,23)(H,21,24). The average molecular weight is 357 g/mol. The molecule has 1 aliphatic rings. The summed E-state index contributed by atoms with van der Waals surface area (Å²) in [6.45, 7) is 5.16. The summed E-state index contributed by atoms with van der Waals surface area (Å²) in [6.07, 6.45) is 1.64. The van der Waals surface area contributed by atoms with Gasteiger partial charge in [0.2, 0.25) is 5.91 Å². The molecule has 1 atom stereocenters. The Hall–Kier alpha value is -2.34. The maximum atomic E-state index is 12.6. The van der Waals surface area contributed by atoms with Crippen molar-refractivity contribution >= 4 is 34.0 Å². The Kier molecular flexibility index (Phi) is 5.38. The second-order valence-electron chi connectivity index (χ2n) is 6.56. The maximum absolute atomic E-state index is 12.6. The summed E-state index contributed by atoms with van der Waals surface area (Å²) in [5.74, 6) is -0.192. The molecule has 25 heavy (non-hydrogen) atoms. The highest BCUT2D eigenvalue weighted by Crippen LogP contribution is 2.22. The molecule has 3 amide bonds. The van der Waals surface area contributed by atoms with Crippen LogP contribution in [-0.4, -0.2) is 29.9 Å². The Bertz CT molecular complexity index is 738. The van der Waals surface area contributed by atoms with Crippen LogP contribution in [0.5, 0.6) is 0 Å². The predicted molar refractivity (Wildman–Crippen MR) is 102 cm³/mol. The number of carbonyl (C=O) groups is 2. The molecule has 1 aromatic carbocycles. The number of carbonyl (C=O) groups excluding carboxylic acids is 2. The maximum Gasteiger partial charge on any atom is 0.322 e. The lowest BCUT2D eigenvalue weighted by atomic mass is 9.97. The zero-order valence-corrected chi connectivity index (χ0v) is 15.4. The SMILES string of the molecule is Cc1cc(C)cc(NC(=O)C2CCCN(C(=O)Nc3cccs3)C2)c1. The highest BCUT2D eigenvalue weighted by molar-refractivity contribution is 7.14. The lowest BCUT2D eigenvalue weighted by Crippen LogP contribution is -2.45. The van der Waals surface area contributed by atoms with E-state index in [0.29, 0.717) is 13.1 Å². The van der Waals surface area contributed by atoms with Gasteiger partial charge in [-0.2, -0.15) is 0 Å². The molecular weight excluding hydrogens is 334 g/mol. The first-order valence-corrected chi connectivity index (χ1v) is 9.38. The molecular formula is C19H23N3O2S. The van der Waals surface area contributed by atoms with Gasteiger partial charge in [-0.05, 0) is 67.5 Å². The Morgan fingerprint density at radius 2 is 1.92 bits per heavy atom. The van der Waals surface area contributed by atoms with E-state index in [2.05, 4.69) is 16.7 Å². The van der Waals surface area contributed by atoms with E-state index in [1.165, 1.54) is 11.3 Å². The molecule has 2 heterocycles. The number of urea groups is 1. The van der Waals surface area contributed by atoms with Gasteiger partial charge in [0.15, 0.2) is 0 Å². The minimum atomic E-state index is -0.177. The van der Waals surface area contributed by atoms with Crippen LogP contribution in [0.25, 0.3) is 0 Å². The number of hydrogen-bond acceptors (Lipinski definition) is 3. The Labute approximate surface area is 152 Å². The summed E-state index contributed by atoms with van der Waals surface area (Å²) in [5, 5.41) is 8.64. The van der Waals surface area contributed by atoms with Gasteiger partial charge >= 0.3 is 6.03 Å². The second kappa shape index (κ2) is 7.70. The van der Waals surface area contributed by atoms with Crippen molar-refractivity contribution in [2.75, 3.05) is 23.7 Å². The summed E-state index contributed by atoms with van der Waals surface area (Å²) in [4.78, 5) is 26.7. The van der Waals surface area contributed by atoms with Crippen LogP contribution in [0.15, 0.2) is 35.7 Å². The van der Waals surface area contributed by atoms with Crippen molar-refractivity contribution in [3.05, 3.63) is 46.8 Å². The lowest BCUT2D eigenvalue weighted by Gasteiger charge is -2.32. The first kappa shape index (κ1) is 17.5. The van der Waals surface area contributed by atoms with Crippen LogP contribution in [0.1, 0.15) is 24.0 Å². The van der Waals surface area contributed by atoms with Crippen LogP contribution >= 0.6 is 11.3 Å². The van der Waals surface area contributed by atoms with Crippen molar-refractivity contribution in [3.63, 3.8) is 0 Å². The van der Waals surface area contributed by atoms with Crippen LogP contribution in [0.2, 0.25) is 0 Å². The zero-order valence-electron chi connectivity index (χ0n) is 14.5. The fourth-order valence-corrected chi connectivity index (χ4v) is 3.81. The molecule has 3 rings (SSSR count). The topological polar surface area (TPSA) is 61.4 Å². The molecule has 0 spiro atoms. The van der Waals surface area contributed by atoms with Crippen LogP contribution in [0, 0.1) is 19.8 Å². The summed E-state index contributed by atoms with van der Waals surface area (Å²) in [6, 6.07) is 9.65. The quantitative estimate of drug-likeness (QED) is 0.863. The van der Waals surface area contributed by atoms with E-state index in [1.807, 2.05) is 43.5 Å². The monoisotopic (exact) mass is 357 g/mol. The largest absolute Gasteiger partial charge is 0.326 e. The van der Waals surface area contributed by atoms with E-state index in [4.69, 9.17) is 0 Å². The average Bonchev–Trinajstić information content (AvgIpc) is 3.07. The number of rotatable bonds is 3. The molecule has 0 aliphatic carbocycles. The second-order valence-corrected chi connectivity index (χ2v) is 7.51. The third-order valence-corrected chi connectivity index (χ3v) is 5.11. The van der Waals surface area contributed by atoms with Crippen molar-refractivity contribution in [1.82, 2.24) is 4.90 Å². The molecule has 1 fully saturated rings. The van der Waals surface area contributed by atoms with Gasteiger partial charge in [-0.15, -0.1) is 11.3 Å². The number of amides is 3. The van der Waals surface area contributed by atoms with Crippen molar-refractivity contribution in [3.8, 4) is 0 Å². The van der Waals surface area contributed by atoms with Crippen molar-refractivity contribution in [2.45, 2.75) is 26.7 Å². The first-order valence-electron chi connectivity index (χ1n) is 8.50. The molecule has 0 saturated carbocycles. The number of nitrogens with one attached hydrogen (secondary N) is 2.